The summed E-state index contributed by atoms with van der Waals surface area (Å²) < 4.78 is 5.01. The van der Waals surface area contributed by atoms with Gasteiger partial charge in [0.05, 0.1) is 12.8 Å². The number of methoxy groups -OCH3 is 1. The molecule has 18 heavy (non-hydrogen) atoms. The fourth-order valence-electron chi connectivity index (χ4n) is 3.75. The predicted octanol–water partition coefficient (Wildman–Crippen LogP) is 2.31. The molecule has 0 aromatic carbocycles. The van der Waals surface area contributed by atoms with Gasteiger partial charge in [0.1, 0.15) is 0 Å². The second kappa shape index (κ2) is 4.84. The van der Waals surface area contributed by atoms with E-state index in [2.05, 4.69) is 10.2 Å². The molecule has 2 aliphatic rings. The lowest BCUT2D eigenvalue weighted by atomic mass is 9.84. The molecule has 1 heterocycles. The van der Waals surface area contributed by atoms with Crippen LogP contribution in [0, 0.1) is 17.8 Å². The molecular weight excluding hydrogens is 226 g/mol. The maximum Gasteiger partial charge on any atom is 0.233 e. The van der Waals surface area contributed by atoms with E-state index in [4.69, 9.17) is 10.5 Å². The molecule has 4 atom stereocenters. The smallest absolute Gasteiger partial charge is 0.233 e. The van der Waals surface area contributed by atoms with Gasteiger partial charge < -0.3 is 10.5 Å². The third kappa shape index (κ3) is 2.21. The molecule has 2 N–H and O–H groups in total. The monoisotopic (exact) mass is 247 g/mol. The van der Waals surface area contributed by atoms with Crippen molar-refractivity contribution in [2.24, 2.45) is 23.5 Å². The molecule has 2 aliphatic carbocycles. The van der Waals surface area contributed by atoms with Crippen LogP contribution in [-0.4, -0.2) is 17.3 Å². The van der Waals surface area contributed by atoms with Crippen molar-refractivity contribution in [3.63, 3.8) is 0 Å². The minimum atomic E-state index is 0.0211. The van der Waals surface area contributed by atoms with Gasteiger partial charge in [0.2, 0.25) is 5.88 Å². The number of hydrogen-bond donors (Lipinski definition) is 1. The maximum absolute atomic E-state index is 6.25. The molecule has 1 aromatic heterocycles. The van der Waals surface area contributed by atoms with Crippen molar-refractivity contribution in [3.8, 4) is 5.88 Å². The zero-order valence-electron chi connectivity index (χ0n) is 10.9. The zero-order valence-corrected chi connectivity index (χ0v) is 10.9. The van der Waals surface area contributed by atoms with E-state index in [-0.39, 0.29) is 6.04 Å². The lowest BCUT2D eigenvalue weighted by molar-refractivity contribution is 0.294. The van der Waals surface area contributed by atoms with E-state index in [1.165, 1.54) is 25.7 Å². The summed E-state index contributed by atoms with van der Waals surface area (Å²) in [4.78, 5) is 0. The van der Waals surface area contributed by atoms with Gasteiger partial charge in [-0.25, -0.2) is 0 Å². The summed E-state index contributed by atoms with van der Waals surface area (Å²) in [6.45, 7) is 0. The first-order chi connectivity index (χ1) is 8.76. The van der Waals surface area contributed by atoms with Gasteiger partial charge in [0, 0.05) is 12.1 Å². The van der Waals surface area contributed by atoms with Crippen LogP contribution in [-0.2, 0) is 0 Å². The maximum atomic E-state index is 6.25. The molecular formula is C14H21N3O. The Morgan fingerprint density at radius 3 is 2.78 bits per heavy atom. The lowest BCUT2D eigenvalue weighted by Gasteiger charge is -2.24. The summed E-state index contributed by atoms with van der Waals surface area (Å²) in [7, 11) is 1.60. The van der Waals surface area contributed by atoms with Crippen LogP contribution in [0.1, 0.15) is 43.8 Å². The number of fused-ring (bicyclic) bond motifs is 2. The van der Waals surface area contributed by atoms with Crippen LogP contribution in [0.5, 0.6) is 5.88 Å². The van der Waals surface area contributed by atoms with Gasteiger partial charge >= 0.3 is 0 Å². The molecule has 0 spiro atoms. The quantitative estimate of drug-likeness (QED) is 0.887. The number of rotatable bonds is 4. The molecule has 98 valence electrons. The molecule has 1 aromatic rings. The third-order valence-corrected chi connectivity index (χ3v) is 4.69. The predicted molar refractivity (Wildman–Crippen MR) is 69.1 cm³/mol. The van der Waals surface area contributed by atoms with Gasteiger partial charge in [-0.2, -0.15) is 5.10 Å². The Balaban J connectivity index is 1.62. The molecule has 0 saturated heterocycles. The first kappa shape index (κ1) is 11.9. The van der Waals surface area contributed by atoms with E-state index in [1.807, 2.05) is 12.1 Å². The Labute approximate surface area is 108 Å². The Bertz CT molecular complexity index is 406. The molecule has 2 bridgehead atoms. The molecule has 4 heteroatoms. The molecule has 2 fully saturated rings. The Kier molecular flexibility index (Phi) is 3.20. The van der Waals surface area contributed by atoms with Crippen molar-refractivity contribution in [1.82, 2.24) is 10.2 Å². The number of nitrogens with two attached hydrogens (primary N) is 1. The first-order valence-electron chi connectivity index (χ1n) is 6.89. The van der Waals surface area contributed by atoms with Gasteiger partial charge in [-0.3, -0.25) is 0 Å². The Morgan fingerprint density at radius 2 is 2.22 bits per heavy atom. The highest BCUT2D eigenvalue weighted by Gasteiger charge is 2.39. The van der Waals surface area contributed by atoms with Crippen LogP contribution in [0.4, 0.5) is 0 Å². The fourth-order valence-corrected chi connectivity index (χ4v) is 3.75. The van der Waals surface area contributed by atoms with Crippen molar-refractivity contribution < 1.29 is 4.74 Å². The standard InChI is InChI=1S/C14H21N3O/c1-18-14-5-4-13(16-17-14)12(15)8-11-7-9-2-3-10(11)6-9/h4-5,9-12H,2-3,6-8,15H2,1H3. The van der Waals surface area contributed by atoms with E-state index < -0.39 is 0 Å². The first-order valence-corrected chi connectivity index (χ1v) is 6.89. The fraction of sp³-hybridized carbons (Fsp3) is 0.714. The van der Waals surface area contributed by atoms with E-state index in [0.29, 0.717) is 5.88 Å². The van der Waals surface area contributed by atoms with Crippen molar-refractivity contribution in [2.75, 3.05) is 7.11 Å². The van der Waals surface area contributed by atoms with Crippen LogP contribution in [0.25, 0.3) is 0 Å². The third-order valence-electron chi connectivity index (χ3n) is 4.69. The molecule has 3 rings (SSSR count). The summed E-state index contributed by atoms with van der Waals surface area (Å²) in [5.41, 5.74) is 7.14. The summed E-state index contributed by atoms with van der Waals surface area (Å²) in [6, 6.07) is 3.79. The van der Waals surface area contributed by atoms with E-state index in [1.54, 1.807) is 7.11 Å². The SMILES string of the molecule is COc1ccc(C(N)CC2CC3CCC2C3)nn1. The van der Waals surface area contributed by atoms with Crippen molar-refractivity contribution >= 4 is 0 Å². The summed E-state index contributed by atoms with van der Waals surface area (Å²) in [5, 5.41) is 8.14. The summed E-state index contributed by atoms with van der Waals surface area (Å²) in [6.07, 6.45) is 6.73. The summed E-state index contributed by atoms with van der Waals surface area (Å²) in [5.74, 6) is 3.26. The highest BCUT2D eigenvalue weighted by molar-refractivity contribution is 5.14. The van der Waals surface area contributed by atoms with E-state index >= 15 is 0 Å². The van der Waals surface area contributed by atoms with Crippen molar-refractivity contribution in [2.45, 2.75) is 38.1 Å². The van der Waals surface area contributed by atoms with Gasteiger partial charge in [-0.05, 0) is 49.5 Å². The average molecular weight is 247 g/mol. The van der Waals surface area contributed by atoms with Gasteiger partial charge in [0.25, 0.3) is 0 Å². The van der Waals surface area contributed by atoms with Crippen LogP contribution in [0.2, 0.25) is 0 Å². The molecule has 4 nitrogen and oxygen atoms in total. The van der Waals surface area contributed by atoms with Crippen LogP contribution in [0.15, 0.2) is 12.1 Å². The number of nitrogens with zero attached hydrogens (tertiary/aromatic N) is 2. The average Bonchev–Trinajstić information content (AvgIpc) is 3.01. The number of hydrogen-bond acceptors (Lipinski definition) is 4. The molecule has 0 amide bonds. The topological polar surface area (TPSA) is 61.0 Å². The second-order valence-electron chi connectivity index (χ2n) is 5.78. The van der Waals surface area contributed by atoms with Gasteiger partial charge in [0.15, 0.2) is 0 Å². The van der Waals surface area contributed by atoms with E-state index in [0.717, 1.165) is 29.9 Å². The van der Waals surface area contributed by atoms with Gasteiger partial charge in [-0.15, -0.1) is 5.10 Å². The lowest BCUT2D eigenvalue weighted by Crippen LogP contribution is -2.20. The van der Waals surface area contributed by atoms with Crippen LogP contribution >= 0.6 is 0 Å². The number of ether oxygens (including phenoxy) is 1. The molecule has 0 radical (unpaired) electrons. The second-order valence-corrected chi connectivity index (χ2v) is 5.78. The minimum absolute atomic E-state index is 0.0211. The van der Waals surface area contributed by atoms with Gasteiger partial charge in [-0.1, -0.05) is 6.42 Å². The van der Waals surface area contributed by atoms with Crippen molar-refractivity contribution in [3.05, 3.63) is 17.8 Å². The largest absolute Gasteiger partial charge is 0.480 e. The normalized spacial score (nSPS) is 31.6. The minimum Gasteiger partial charge on any atom is -0.480 e. The molecule has 2 saturated carbocycles. The highest BCUT2D eigenvalue weighted by Crippen LogP contribution is 2.50. The highest BCUT2D eigenvalue weighted by atomic mass is 16.5. The van der Waals surface area contributed by atoms with Crippen LogP contribution in [0.3, 0.4) is 0 Å². The zero-order chi connectivity index (χ0) is 12.5. The molecule has 0 aliphatic heterocycles. The summed E-state index contributed by atoms with van der Waals surface area (Å²) >= 11 is 0. The number of aromatic nitrogens is 2. The van der Waals surface area contributed by atoms with E-state index in [9.17, 15) is 0 Å². The Morgan fingerprint density at radius 1 is 1.33 bits per heavy atom. The van der Waals surface area contributed by atoms with Crippen molar-refractivity contribution in [1.29, 1.82) is 0 Å². The van der Waals surface area contributed by atoms with Crippen LogP contribution < -0.4 is 10.5 Å². The molecule has 4 unspecified atom stereocenters. The Hall–Kier alpha value is -1.16.